The van der Waals surface area contributed by atoms with E-state index in [1.807, 2.05) is 14.0 Å². The minimum Gasteiger partial charge on any atom is -0.330 e. The SMILES string of the molecule is Cc1ccc2c(c1)N(C)C(=O)CC2CCN. The fourth-order valence-corrected chi connectivity index (χ4v) is 2.34. The Balaban J connectivity index is 2.45. The number of benzene rings is 1. The van der Waals surface area contributed by atoms with Gasteiger partial charge < -0.3 is 10.6 Å². The topological polar surface area (TPSA) is 46.3 Å². The minimum atomic E-state index is 0.191. The standard InChI is InChI=1S/C13H18N2O/c1-9-3-4-11-10(5-6-14)8-13(16)15(2)12(11)7-9/h3-4,7,10H,5-6,8,14H2,1-2H3. The lowest BCUT2D eigenvalue weighted by Gasteiger charge is -2.31. The van der Waals surface area contributed by atoms with Gasteiger partial charge in [-0.05, 0) is 43.0 Å². The summed E-state index contributed by atoms with van der Waals surface area (Å²) in [5.74, 6) is 0.487. The van der Waals surface area contributed by atoms with E-state index in [0.29, 0.717) is 18.9 Å². The smallest absolute Gasteiger partial charge is 0.227 e. The molecule has 1 atom stereocenters. The van der Waals surface area contributed by atoms with Crippen molar-refractivity contribution in [2.75, 3.05) is 18.5 Å². The molecular weight excluding hydrogens is 200 g/mol. The van der Waals surface area contributed by atoms with Gasteiger partial charge in [0, 0.05) is 19.2 Å². The number of nitrogens with two attached hydrogens (primary N) is 1. The quantitative estimate of drug-likeness (QED) is 0.822. The molecule has 0 saturated carbocycles. The lowest BCUT2D eigenvalue weighted by atomic mass is 9.86. The van der Waals surface area contributed by atoms with Crippen molar-refractivity contribution in [1.29, 1.82) is 0 Å². The first-order chi connectivity index (χ1) is 7.63. The molecule has 0 aliphatic carbocycles. The largest absolute Gasteiger partial charge is 0.330 e. The van der Waals surface area contributed by atoms with Crippen LogP contribution in [0.4, 0.5) is 5.69 Å². The molecule has 1 aromatic carbocycles. The number of hydrogen-bond acceptors (Lipinski definition) is 2. The van der Waals surface area contributed by atoms with Crippen LogP contribution in [0.25, 0.3) is 0 Å². The summed E-state index contributed by atoms with van der Waals surface area (Å²) in [6, 6.07) is 6.32. The number of carbonyl (C=O) groups excluding carboxylic acids is 1. The number of hydrogen-bond donors (Lipinski definition) is 1. The normalized spacial score (nSPS) is 19.8. The predicted octanol–water partition coefficient (Wildman–Crippen LogP) is 1.79. The molecule has 3 heteroatoms. The molecule has 0 spiro atoms. The van der Waals surface area contributed by atoms with Gasteiger partial charge in [-0.25, -0.2) is 0 Å². The first kappa shape index (κ1) is 11.1. The Bertz CT molecular complexity index is 414. The Morgan fingerprint density at radius 3 is 2.94 bits per heavy atom. The fraction of sp³-hybridized carbons (Fsp3) is 0.462. The molecule has 1 heterocycles. The van der Waals surface area contributed by atoms with Gasteiger partial charge in [0.05, 0.1) is 0 Å². The van der Waals surface area contributed by atoms with E-state index in [2.05, 4.69) is 18.2 Å². The Morgan fingerprint density at radius 1 is 1.50 bits per heavy atom. The summed E-state index contributed by atoms with van der Waals surface area (Å²) >= 11 is 0. The summed E-state index contributed by atoms with van der Waals surface area (Å²) in [4.78, 5) is 13.6. The van der Waals surface area contributed by atoms with E-state index in [4.69, 9.17) is 5.73 Å². The molecule has 0 bridgehead atoms. The van der Waals surface area contributed by atoms with E-state index >= 15 is 0 Å². The van der Waals surface area contributed by atoms with Crippen molar-refractivity contribution in [2.45, 2.75) is 25.7 Å². The summed E-state index contributed by atoms with van der Waals surface area (Å²) in [5.41, 5.74) is 9.10. The van der Waals surface area contributed by atoms with Crippen LogP contribution in [-0.2, 0) is 4.79 Å². The number of nitrogens with zero attached hydrogens (tertiary/aromatic N) is 1. The monoisotopic (exact) mass is 218 g/mol. The Hall–Kier alpha value is -1.35. The van der Waals surface area contributed by atoms with Gasteiger partial charge in [0.2, 0.25) is 5.91 Å². The zero-order chi connectivity index (χ0) is 11.7. The zero-order valence-corrected chi connectivity index (χ0v) is 9.86. The van der Waals surface area contributed by atoms with Crippen molar-refractivity contribution in [1.82, 2.24) is 0 Å². The Morgan fingerprint density at radius 2 is 2.25 bits per heavy atom. The molecule has 3 nitrogen and oxygen atoms in total. The van der Waals surface area contributed by atoms with E-state index < -0.39 is 0 Å². The molecule has 1 amide bonds. The molecule has 1 unspecified atom stereocenters. The fourth-order valence-electron chi connectivity index (χ4n) is 2.34. The maximum absolute atomic E-state index is 11.8. The molecular formula is C13H18N2O. The highest BCUT2D eigenvalue weighted by Crippen LogP contribution is 2.37. The van der Waals surface area contributed by atoms with Crippen LogP contribution in [0.3, 0.4) is 0 Å². The molecule has 2 N–H and O–H groups in total. The van der Waals surface area contributed by atoms with Crippen LogP contribution in [0.15, 0.2) is 18.2 Å². The highest BCUT2D eigenvalue weighted by atomic mass is 16.2. The Labute approximate surface area is 96.2 Å². The average Bonchev–Trinajstić information content (AvgIpc) is 2.26. The van der Waals surface area contributed by atoms with Gasteiger partial charge >= 0.3 is 0 Å². The number of aryl methyl sites for hydroxylation is 1. The van der Waals surface area contributed by atoms with E-state index in [9.17, 15) is 4.79 Å². The van der Waals surface area contributed by atoms with Crippen LogP contribution in [0, 0.1) is 6.92 Å². The zero-order valence-electron chi connectivity index (χ0n) is 9.86. The average molecular weight is 218 g/mol. The van der Waals surface area contributed by atoms with Crippen LogP contribution in [0.1, 0.15) is 29.9 Å². The van der Waals surface area contributed by atoms with E-state index in [1.165, 1.54) is 11.1 Å². The predicted molar refractivity (Wildman–Crippen MR) is 65.6 cm³/mol. The van der Waals surface area contributed by atoms with Crippen molar-refractivity contribution < 1.29 is 4.79 Å². The molecule has 1 aromatic rings. The molecule has 1 aliphatic rings. The van der Waals surface area contributed by atoms with Crippen LogP contribution < -0.4 is 10.6 Å². The number of amides is 1. The molecule has 2 rings (SSSR count). The van der Waals surface area contributed by atoms with Crippen LogP contribution in [0.5, 0.6) is 0 Å². The van der Waals surface area contributed by atoms with Gasteiger partial charge in [-0.3, -0.25) is 4.79 Å². The molecule has 0 fully saturated rings. The van der Waals surface area contributed by atoms with Gasteiger partial charge in [-0.15, -0.1) is 0 Å². The van der Waals surface area contributed by atoms with Crippen molar-refractivity contribution >= 4 is 11.6 Å². The maximum Gasteiger partial charge on any atom is 0.227 e. The highest BCUT2D eigenvalue weighted by Gasteiger charge is 2.28. The van der Waals surface area contributed by atoms with Crippen LogP contribution in [-0.4, -0.2) is 19.5 Å². The van der Waals surface area contributed by atoms with Crippen molar-refractivity contribution in [2.24, 2.45) is 5.73 Å². The molecule has 0 aromatic heterocycles. The molecule has 16 heavy (non-hydrogen) atoms. The number of anilines is 1. The van der Waals surface area contributed by atoms with Crippen molar-refractivity contribution in [3.63, 3.8) is 0 Å². The van der Waals surface area contributed by atoms with Gasteiger partial charge in [-0.1, -0.05) is 12.1 Å². The second-order valence-electron chi connectivity index (χ2n) is 4.49. The molecule has 86 valence electrons. The summed E-state index contributed by atoms with van der Waals surface area (Å²) in [6.45, 7) is 2.68. The van der Waals surface area contributed by atoms with E-state index in [-0.39, 0.29) is 5.91 Å². The third-order valence-corrected chi connectivity index (χ3v) is 3.30. The second-order valence-corrected chi connectivity index (χ2v) is 4.49. The first-order valence-electron chi connectivity index (χ1n) is 5.70. The summed E-state index contributed by atoms with van der Waals surface area (Å²) in [6.07, 6.45) is 1.47. The third-order valence-electron chi connectivity index (χ3n) is 3.30. The molecule has 0 radical (unpaired) electrons. The third kappa shape index (κ3) is 1.83. The lowest BCUT2D eigenvalue weighted by Crippen LogP contribution is -2.33. The first-order valence-corrected chi connectivity index (χ1v) is 5.70. The summed E-state index contributed by atoms with van der Waals surface area (Å²) < 4.78 is 0. The lowest BCUT2D eigenvalue weighted by molar-refractivity contribution is -0.119. The van der Waals surface area contributed by atoms with Gasteiger partial charge in [0.15, 0.2) is 0 Å². The second kappa shape index (κ2) is 4.26. The van der Waals surface area contributed by atoms with Crippen LogP contribution >= 0.6 is 0 Å². The van der Waals surface area contributed by atoms with E-state index in [0.717, 1.165) is 12.1 Å². The molecule has 0 saturated heterocycles. The van der Waals surface area contributed by atoms with Crippen LogP contribution in [0.2, 0.25) is 0 Å². The molecule has 1 aliphatic heterocycles. The number of carbonyl (C=O) groups is 1. The minimum absolute atomic E-state index is 0.191. The van der Waals surface area contributed by atoms with Gasteiger partial charge in [-0.2, -0.15) is 0 Å². The highest BCUT2D eigenvalue weighted by molar-refractivity contribution is 5.96. The Kier molecular flexibility index (Phi) is 2.97. The van der Waals surface area contributed by atoms with E-state index in [1.54, 1.807) is 4.90 Å². The van der Waals surface area contributed by atoms with Gasteiger partial charge in [0.1, 0.15) is 0 Å². The van der Waals surface area contributed by atoms with Gasteiger partial charge in [0.25, 0.3) is 0 Å². The number of fused-ring (bicyclic) bond motifs is 1. The maximum atomic E-state index is 11.8. The summed E-state index contributed by atoms with van der Waals surface area (Å²) in [7, 11) is 1.85. The van der Waals surface area contributed by atoms with Crippen molar-refractivity contribution in [3.8, 4) is 0 Å². The summed E-state index contributed by atoms with van der Waals surface area (Å²) in [5, 5.41) is 0. The number of rotatable bonds is 2. The van der Waals surface area contributed by atoms with Crippen molar-refractivity contribution in [3.05, 3.63) is 29.3 Å².